The first kappa shape index (κ1) is 16.7. The Morgan fingerprint density at radius 2 is 2.00 bits per heavy atom. The average molecular weight is 350 g/mol. The number of halogens is 4. The number of rotatable bonds is 3. The molecule has 0 spiro atoms. The molecule has 1 heterocycles. The maximum absolute atomic E-state index is 13.1. The lowest BCUT2D eigenvalue weighted by atomic mass is 10.1. The van der Waals surface area contributed by atoms with Gasteiger partial charge in [-0.15, -0.1) is 0 Å². The third kappa shape index (κ3) is 3.75. The Balaban J connectivity index is 2.49. The minimum atomic E-state index is -4.69. The molecule has 0 aliphatic heterocycles. The predicted molar refractivity (Wildman–Crippen MR) is 78.0 cm³/mol. The Morgan fingerprint density at radius 3 is 2.59 bits per heavy atom. The molecule has 2 N–H and O–H groups in total. The summed E-state index contributed by atoms with van der Waals surface area (Å²) in [6.45, 7) is 0. The molecule has 22 heavy (non-hydrogen) atoms. The lowest BCUT2D eigenvalue weighted by Gasteiger charge is -2.14. The van der Waals surface area contributed by atoms with Crippen LogP contribution in [0.3, 0.4) is 0 Å². The summed E-state index contributed by atoms with van der Waals surface area (Å²) >= 11 is 5.60. The van der Waals surface area contributed by atoms with E-state index < -0.39 is 28.4 Å². The van der Waals surface area contributed by atoms with Crippen molar-refractivity contribution in [3.05, 3.63) is 46.4 Å². The van der Waals surface area contributed by atoms with E-state index in [0.29, 0.717) is 10.5 Å². The molecule has 0 aliphatic carbocycles. The zero-order chi connectivity index (χ0) is 16.5. The largest absolute Gasteiger partial charge is 0.421 e. The number of hydrogen-bond acceptors (Lipinski definition) is 4. The van der Waals surface area contributed by atoms with Gasteiger partial charge in [-0.1, -0.05) is 12.1 Å². The third-order valence-electron chi connectivity index (χ3n) is 2.87. The SMILES string of the molecule is CS(=O)c1cccc(Cc2nc(Cl)nc(N)c2C(F)(F)F)c1. The van der Waals surface area contributed by atoms with Crippen LogP contribution in [0, 0.1) is 0 Å². The predicted octanol–water partition coefficient (Wildman–Crippen LogP) is 3.06. The lowest BCUT2D eigenvalue weighted by Crippen LogP contribution is -2.16. The molecular formula is C13H11ClF3N3OS. The minimum Gasteiger partial charge on any atom is -0.383 e. The molecule has 118 valence electrons. The van der Waals surface area contributed by atoms with Crippen LogP contribution in [0.1, 0.15) is 16.8 Å². The van der Waals surface area contributed by atoms with Crippen molar-refractivity contribution >= 4 is 28.2 Å². The Morgan fingerprint density at radius 1 is 1.32 bits per heavy atom. The van der Waals surface area contributed by atoms with Gasteiger partial charge in [0, 0.05) is 28.4 Å². The summed E-state index contributed by atoms with van der Waals surface area (Å²) in [5.74, 6) is -0.710. The summed E-state index contributed by atoms with van der Waals surface area (Å²) in [5.41, 5.74) is 4.44. The highest BCUT2D eigenvalue weighted by Crippen LogP contribution is 2.36. The van der Waals surface area contributed by atoms with Crippen LogP contribution in [-0.4, -0.2) is 20.4 Å². The number of benzene rings is 1. The first-order valence-corrected chi connectivity index (χ1v) is 7.93. The zero-order valence-electron chi connectivity index (χ0n) is 11.3. The second-order valence-corrected chi connectivity index (χ2v) is 6.19. The number of anilines is 1. The fraction of sp³-hybridized carbons (Fsp3) is 0.231. The Kier molecular flexibility index (Phi) is 4.72. The molecule has 1 aromatic heterocycles. The van der Waals surface area contributed by atoms with Crippen LogP contribution < -0.4 is 5.73 Å². The summed E-state index contributed by atoms with van der Waals surface area (Å²) in [6.07, 6.45) is -3.35. The van der Waals surface area contributed by atoms with E-state index in [0.717, 1.165) is 0 Å². The molecule has 2 aromatic rings. The molecule has 0 bridgehead atoms. The molecule has 1 atom stereocenters. The second-order valence-electron chi connectivity index (χ2n) is 4.48. The Labute approximate surface area is 132 Å². The van der Waals surface area contributed by atoms with E-state index in [9.17, 15) is 17.4 Å². The van der Waals surface area contributed by atoms with Gasteiger partial charge < -0.3 is 5.73 Å². The highest BCUT2D eigenvalue weighted by atomic mass is 35.5. The van der Waals surface area contributed by atoms with Gasteiger partial charge in [-0.2, -0.15) is 13.2 Å². The molecular weight excluding hydrogens is 339 g/mol. The number of nitrogens with two attached hydrogens (primary N) is 1. The smallest absolute Gasteiger partial charge is 0.383 e. The molecule has 0 saturated carbocycles. The van der Waals surface area contributed by atoms with Crippen molar-refractivity contribution in [3.8, 4) is 0 Å². The van der Waals surface area contributed by atoms with E-state index >= 15 is 0 Å². The molecule has 0 amide bonds. The Bertz CT molecular complexity index is 737. The first-order chi connectivity index (χ1) is 10.2. The second kappa shape index (κ2) is 6.21. The van der Waals surface area contributed by atoms with Crippen LogP contribution in [-0.2, 0) is 23.4 Å². The van der Waals surface area contributed by atoms with Crippen molar-refractivity contribution in [3.63, 3.8) is 0 Å². The molecule has 1 aromatic carbocycles. The summed E-state index contributed by atoms with van der Waals surface area (Å²) in [6, 6.07) is 6.42. The molecule has 0 aliphatic rings. The van der Waals surface area contributed by atoms with Crippen molar-refractivity contribution in [1.82, 2.24) is 9.97 Å². The van der Waals surface area contributed by atoms with Crippen LogP contribution >= 0.6 is 11.6 Å². The van der Waals surface area contributed by atoms with Crippen LogP contribution in [0.4, 0.5) is 19.0 Å². The quantitative estimate of drug-likeness (QED) is 0.865. The van der Waals surface area contributed by atoms with E-state index in [4.69, 9.17) is 17.3 Å². The number of nitrogen functional groups attached to an aromatic ring is 1. The topological polar surface area (TPSA) is 68.9 Å². The Hall–Kier alpha value is -1.67. The lowest BCUT2D eigenvalue weighted by molar-refractivity contribution is -0.137. The van der Waals surface area contributed by atoms with Crippen molar-refractivity contribution in [2.24, 2.45) is 0 Å². The molecule has 9 heteroatoms. The fourth-order valence-corrected chi connectivity index (χ4v) is 2.74. The third-order valence-corrected chi connectivity index (χ3v) is 3.96. The highest BCUT2D eigenvalue weighted by molar-refractivity contribution is 7.84. The van der Waals surface area contributed by atoms with Crippen LogP contribution in [0.15, 0.2) is 29.2 Å². The summed E-state index contributed by atoms with van der Waals surface area (Å²) in [5, 5.41) is -0.351. The van der Waals surface area contributed by atoms with Gasteiger partial charge in [-0.25, -0.2) is 9.97 Å². The normalized spacial score (nSPS) is 13.1. The summed E-state index contributed by atoms with van der Waals surface area (Å²) in [7, 11) is -1.23. The first-order valence-electron chi connectivity index (χ1n) is 6.00. The fourth-order valence-electron chi connectivity index (χ4n) is 1.96. The number of hydrogen-bond donors (Lipinski definition) is 1. The van der Waals surface area contributed by atoms with Gasteiger partial charge in [0.25, 0.3) is 0 Å². The zero-order valence-corrected chi connectivity index (χ0v) is 12.9. The van der Waals surface area contributed by atoms with E-state index in [1.165, 1.54) is 6.26 Å². The van der Waals surface area contributed by atoms with Crippen molar-refractivity contribution in [1.29, 1.82) is 0 Å². The molecule has 4 nitrogen and oxygen atoms in total. The standard InChI is InChI=1S/C13H11ClF3N3OS/c1-22(21)8-4-2-3-7(5-8)6-9-10(13(15,16)17)11(18)20-12(14)19-9/h2-5H,6H2,1H3,(H2,18,19,20). The van der Waals surface area contributed by atoms with E-state index in [1.807, 2.05) is 0 Å². The molecule has 0 fully saturated rings. The van der Waals surface area contributed by atoms with E-state index in [-0.39, 0.29) is 17.4 Å². The van der Waals surface area contributed by atoms with Gasteiger partial charge in [0.05, 0.1) is 5.69 Å². The molecule has 2 rings (SSSR count). The number of alkyl halides is 3. The number of aromatic nitrogens is 2. The monoisotopic (exact) mass is 349 g/mol. The van der Waals surface area contributed by atoms with Crippen LogP contribution in [0.5, 0.6) is 0 Å². The number of nitrogens with zero attached hydrogens (tertiary/aromatic N) is 2. The minimum absolute atomic E-state index is 0.147. The van der Waals surface area contributed by atoms with E-state index in [1.54, 1.807) is 24.3 Å². The van der Waals surface area contributed by atoms with Crippen LogP contribution in [0.2, 0.25) is 5.28 Å². The molecule has 0 saturated heterocycles. The maximum Gasteiger partial charge on any atom is 0.421 e. The van der Waals surface area contributed by atoms with E-state index in [2.05, 4.69) is 9.97 Å². The van der Waals surface area contributed by atoms with Gasteiger partial charge in [-0.05, 0) is 29.3 Å². The van der Waals surface area contributed by atoms with Gasteiger partial charge in [-0.3, -0.25) is 4.21 Å². The van der Waals surface area contributed by atoms with Gasteiger partial charge in [0.15, 0.2) is 0 Å². The molecule has 0 radical (unpaired) electrons. The van der Waals surface area contributed by atoms with Crippen molar-refractivity contribution in [2.45, 2.75) is 17.5 Å². The average Bonchev–Trinajstić information content (AvgIpc) is 2.36. The molecule has 1 unspecified atom stereocenters. The van der Waals surface area contributed by atoms with Gasteiger partial charge in [0.1, 0.15) is 11.4 Å². The highest BCUT2D eigenvalue weighted by Gasteiger charge is 2.37. The summed E-state index contributed by atoms with van der Waals surface area (Å²) < 4.78 is 50.7. The maximum atomic E-state index is 13.1. The van der Waals surface area contributed by atoms with Gasteiger partial charge >= 0.3 is 6.18 Å². The van der Waals surface area contributed by atoms with Crippen molar-refractivity contribution < 1.29 is 17.4 Å². The van der Waals surface area contributed by atoms with Crippen LogP contribution in [0.25, 0.3) is 0 Å². The van der Waals surface area contributed by atoms with Gasteiger partial charge in [0.2, 0.25) is 5.28 Å². The summed E-state index contributed by atoms with van der Waals surface area (Å²) in [4.78, 5) is 7.51. The van der Waals surface area contributed by atoms with Crippen molar-refractivity contribution in [2.75, 3.05) is 12.0 Å².